The van der Waals surface area contributed by atoms with Gasteiger partial charge in [0, 0.05) is 0 Å². The molecule has 4 aromatic carbocycles. The van der Waals surface area contributed by atoms with Crippen molar-refractivity contribution in [2.45, 2.75) is 27.7 Å². The molecule has 0 fully saturated rings. The van der Waals surface area contributed by atoms with Gasteiger partial charge in [-0.3, -0.25) is 0 Å². The summed E-state index contributed by atoms with van der Waals surface area (Å²) >= 11 is 0. The normalized spacial score (nSPS) is 10.8. The zero-order valence-electron chi connectivity index (χ0n) is 22.1. The van der Waals surface area contributed by atoms with Crippen molar-refractivity contribution in [3.63, 3.8) is 0 Å². The molecular weight excluding hydrogens is 664 g/mol. The molecule has 0 saturated heterocycles. The minimum absolute atomic E-state index is 0. The van der Waals surface area contributed by atoms with Crippen molar-refractivity contribution in [2.24, 2.45) is 0 Å². The number of rotatable bonds is 8. The first kappa shape index (κ1) is 33.2. The summed E-state index contributed by atoms with van der Waals surface area (Å²) in [6, 6.07) is 26.8. The first-order valence-corrected chi connectivity index (χ1v) is 14.5. The molecule has 0 radical (unpaired) electrons. The van der Waals surface area contributed by atoms with Gasteiger partial charge in [-0.1, -0.05) is 70.8 Å². The van der Waals surface area contributed by atoms with Gasteiger partial charge in [0.25, 0.3) is 0 Å². The Balaban J connectivity index is 0.000000267. The molecule has 0 spiro atoms. The summed E-state index contributed by atoms with van der Waals surface area (Å²) in [4.78, 5) is 23.4. The van der Waals surface area contributed by atoms with E-state index in [1.807, 2.05) is 27.7 Å². The van der Waals surface area contributed by atoms with E-state index < -0.39 is 15.6 Å². The van der Waals surface area contributed by atoms with Crippen LogP contribution < -0.4 is 27.9 Å². The van der Waals surface area contributed by atoms with E-state index in [1.165, 1.54) is 0 Å². The second-order valence-corrected chi connectivity index (χ2v) is 11.0. The van der Waals surface area contributed by atoms with Crippen LogP contribution in [0.3, 0.4) is 0 Å². The van der Waals surface area contributed by atoms with Crippen molar-refractivity contribution < 1.29 is 37.0 Å². The van der Waals surface area contributed by atoms with Crippen molar-refractivity contribution in [3.05, 3.63) is 119 Å². The predicted molar refractivity (Wildman–Crippen MR) is 148 cm³/mol. The van der Waals surface area contributed by atoms with Crippen LogP contribution in [0, 0.1) is 27.7 Å². The molecule has 0 aliphatic rings. The van der Waals surface area contributed by atoms with Gasteiger partial charge in [0.05, 0.1) is 0 Å². The van der Waals surface area contributed by atoms with E-state index in [0.29, 0.717) is 0 Å². The topological polar surface area (TPSA) is 117 Å². The van der Waals surface area contributed by atoms with Gasteiger partial charge in [-0.15, -0.1) is 0 Å². The van der Waals surface area contributed by atoms with Gasteiger partial charge >= 0.3 is 64.5 Å². The molecule has 11 heteroatoms. The predicted octanol–water partition coefficient (Wildman–Crippen LogP) is 6.08. The third-order valence-electron chi connectivity index (χ3n) is 4.95. The molecule has 0 bridgehead atoms. The number of phosphoric acid groups is 2. The van der Waals surface area contributed by atoms with E-state index in [2.05, 4.69) is 0 Å². The van der Waals surface area contributed by atoms with Crippen LogP contribution in [-0.2, 0) is 9.13 Å². The molecule has 39 heavy (non-hydrogen) atoms. The first-order chi connectivity index (χ1) is 17.9. The average Bonchev–Trinajstić information content (AvgIpc) is 2.85. The average molecular weight is 692 g/mol. The number of benzene rings is 4. The van der Waals surface area contributed by atoms with Crippen LogP contribution in [0.25, 0.3) is 0 Å². The van der Waals surface area contributed by atoms with E-state index >= 15 is 0 Å². The van der Waals surface area contributed by atoms with Gasteiger partial charge < -0.3 is 27.9 Å². The van der Waals surface area contributed by atoms with Crippen LogP contribution in [0.4, 0.5) is 0 Å². The van der Waals surface area contributed by atoms with Crippen molar-refractivity contribution in [1.82, 2.24) is 0 Å². The number of aryl methyl sites for hydroxylation is 4. The zero-order chi connectivity index (χ0) is 27.8. The molecule has 4 aromatic rings. The molecule has 0 aliphatic heterocycles. The summed E-state index contributed by atoms with van der Waals surface area (Å²) < 4.78 is 42.9. The number of hydrogen-bond acceptors (Lipinski definition) is 8. The Morgan fingerprint density at radius 1 is 0.410 bits per heavy atom. The Labute approximate surface area is 269 Å². The second-order valence-electron chi connectivity index (χ2n) is 8.51. The summed E-state index contributed by atoms with van der Waals surface area (Å²) in [5.41, 5.74) is 4.08. The van der Waals surface area contributed by atoms with Crippen LogP contribution >= 0.6 is 15.6 Å². The maximum atomic E-state index is 11.7. The number of hydrogen-bond donors (Lipinski definition) is 0. The molecule has 0 heterocycles. The summed E-state index contributed by atoms with van der Waals surface area (Å²) in [6.07, 6.45) is 0. The smallest absolute Gasteiger partial charge is 0.736 e. The van der Waals surface area contributed by atoms with Crippen LogP contribution in [-0.4, -0.2) is 48.9 Å². The third kappa shape index (κ3) is 12.4. The van der Waals surface area contributed by atoms with Crippen molar-refractivity contribution in [2.75, 3.05) is 0 Å². The Kier molecular flexibility index (Phi) is 12.9. The second kappa shape index (κ2) is 15.1. The standard InChI is InChI=1S/2C14H15O4P.Ba/c2*1-11-3-7-13(8-4-11)17-19(15,16)18-14-9-5-12(2)6-10-14;/h2*3-10H,1-2H3,(H,15,16);/q;;+2/p-2. The maximum Gasteiger partial charge on any atom is 2.00 e. The van der Waals surface area contributed by atoms with Gasteiger partial charge in [0.15, 0.2) is 0 Å². The number of phosphoric ester groups is 2. The molecule has 200 valence electrons. The Morgan fingerprint density at radius 2 is 0.564 bits per heavy atom. The quantitative estimate of drug-likeness (QED) is 0.161. The van der Waals surface area contributed by atoms with E-state index in [4.69, 9.17) is 18.1 Å². The van der Waals surface area contributed by atoms with Crippen molar-refractivity contribution in [1.29, 1.82) is 0 Å². The molecule has 0 atom stereocenters. The van der Waals surface area contributed by atoms with Gasteiger partial charge in [0.2, 0.25) is 0 Å². The van der Waals surface area contributed by atoms with E-state index in [-0.39, 0.29) is 71.9 Å². The van der Waals surface area contributed by atoms with E-state index in [1.54, 1.807) is 97.1 Å². The van der Waals surface area contributed by atoms with Crippen LogP contribution in [0.15, 0.2) is 97.1 Å². The fraction of sp³-hybridized carbons (Fsp3) is 0.143. The molecule has 0 N–H and O–H groups in total. The summed E-state index contributed by atoms with van der Waals surface area (Å²) in [6.45, 7) is 7.62. The summed E-state index contributed by atoms with van der Waals surface area (Å²) in [5, 5.41) is 0. The molecule has 0 unspecified atom stereocenters. The summed E-state index contributed by atoms with van der Waals surface area (Å²) in [5.74, 6) is 0.930. The van der Waals surface area contributed by atoms with Crippen LogP contribution in [0.1, 0.15) is 22.3 Å². The van der Waals surface area contributed by atoms with Crippen molar-refractivity contribution in [3.8, 4) is 23.0 Å². The molecule has 0 amide bonds. The maximum absolute atomic E-state index is 11.7. The Bertz CT molecular complexity index is 1190. The fourth-order valence-corrected chi connectivity index (χ4v) is 4.54. The van der Waals surface area contributed by atoms with Gasteiger partial charge in [0.1, 0.15) is 23.0 Å². The monoisotopic (exact) mass is 692 g/mol. The van der Waals surface area contributed by atoms with E-state index in [0.717, 1.165) is 22.3 Å². The molecule has 8 nitrogen and oxygen atoms in total. The Hall–Kier alpha value is -1.97. The van der Waals surface area contributed by atoms with Crippen LogP contribution in [0.2, 0.25) is 0 Å². The minimum Gasteiger partial charge on any atom is -0.736 e. The van der Waals surface area contributed by atoms with Gasteiger partial charge in [-0.05, 0) is 76.2 Å². The largest absolute Gasteiger partial charge is 2.00 e. The zero-order valence-corrected chi connectivity index (χ0v) is 28.3. The molecule has 0 saturated carbocycles. The van der Waals surface area contributed by atoms with Crippen molar-refractivity contribution >= 4 is 64.5 Å². The Morgan fingerprint density at radius 3 is 0.718 bits per heavy atom. The first-order valence-electron chi connectivity index (χ1n) is 11.6. The fourth-order valence-electron chi connectivity index (χ4n) is 2.95. The van der Waals surface area contributed by atoms with Gasteiger partial charge in [-0.2, -0.15) is 0 Å². The van der Waals surface area contributed by atoms with Gasteiger partial charge in [-0.25, -0.2) is 9.13 Å². The van der Waals surface area contributed by atoms with Crippen LogP contribution in [0.5, 0.6) is 23.0 Å². The molecule has 0 aromatic heterocycles. The van der Waals surface area contributed by atoms with E-state index in [9.17, 15) is 18.9 Å². The third-order valence-corrected chi connectivity index (χ3v) is 6.69. The minimum atomic E-state index is -4.42. The molecule has 0 aliphatic carbocycles. The molecular formula is C28H28BaO8P2. The SMILES string of the molecule is Cc1ccc(OP(=O)([O-])Oc2ccc(C)cc2)cc1.Cc1ccc(OP(=O)([O-])Oc2ccc(C)cc2)cc1.[Ba+2]. The molecule has 4 rings (SSSR count). The summed E-state index contributed by atoms with van der Waals surface area (Å²) in [7, 11) is -8.83.